The minimum Gasteiger partial charge on any atom is -0.353 e. The number of benzene rings is 1. The highest BCUT2D eigenvalue weighted by Gasteiger charge is 2.34. The predicted octanol–water partition coefficient (Wildman–Crippen LogP) is 3.77. The standard InChI is InChI=1S/C23H21F4N9O/c1-35-17(4-7-30-35)18-19-20(29-9-8-28-19)21(34-33-18)36-10-5-14(6-11-36)31-22(37)32-16-3-2-13(24)12-15(16)23(25,26)27/h2-4,7-9,12,14H,5-6,10-11H2,1H3,(H2,31,32,37). The largest absolute Gasteiger partial charge is 0.418 e. The lowest BCUT2D eigenvalue weighted by Gasteiger charge is -2.33. The zero-order valence-electron chi connectivity index (χ0n) is 19.5. The molecule has 0 unspecified atom stereocenters. The first kappa shape index (κ1) is 24.3. The molecule has 1 aliphatic heterocycles. The molecule has 1 saturated heterocycles. The molecular formula is C23H21F4N9O. The van der Waals surface area contributed by atoms with Gasteiger partial charge in [-0.2, -0.15) is 18.3 Å². The number of hydrogen-bond donors (Lipinski definition) is 2. The van der Waals surface area contributed by atoms with E-state index in [-0.39, 0.29) is 6.04 Å². The van der Waals surface area contributed by atoms with Crippen LogP contribution < -0.4 is 15.5 Å². The number of carbonyl (C=O) groups is 1. The van der Waals surface area contributed by atoms with Gasteiger partial charge in [0, 0.05) is 44.8 Å². The lowest BCUT2D eigenvalue weighted by molar-refractivity contribution is -0.137. The number of fused-ring (bicyclic) bond motifs is 1. The van der Waals surface area contributed by atoms with E-state index in [2.05, 4.69) is 35.9 Å². The van der Waals surface area contributed by atoms with Crippen molar-refractivity contribution < 1.29 is 22.4 Å². The number of halogens is 4. The fourth-order valence-corrected chi connectivity index (χ4v) is 4.30. The molecule has 14 heteroatoms. The summed E-state index contributed by atoms with van der Waals surface area (Å²) in [6, 6.07) is 2.82. The van der Waals surface area contributed by atoms with Gasteiger partial charge in [-0.1, -0.05) is 0 Å². The third-order valence-corrected chi connectivity index (χ3v) is 6.11. The molecule has 3 aromatic heterocycles. The number of rotatable bonds is 4. The number of aromatic nitrogens is 6. The van der Waals surface area contributed by atoms with Crippen LogP contribution in [0.4, 0.5) is 33.9 Å². The van der Waals surface area contributed by atoms with Crippen molar-refractivity contribution in [1.82, 2.24) is 35.3 Å². The number of hydrogen-bond acceptors (Lipinski definition) is 7. The molecule has 0 aliphatic carbocycles. The Bertz CT molecular complexity index is 1450. The van der Waals surface area contributed by atoms with Crippen LogP contribution in [0.2, 0.25) is 0 Å². The smallest absolute Gasteiger partial charge is 0.353 e. The number of nitrogens with one attached hydrogen (secondary N) is 2. The third-order valence-electron chi connectivity index (χ3n) is 6.11. The maximum Gasteiger partial charge on any atom is 0.418 e. The van der Waals surface area contributed by atoms with Crippen LogP contribution in [0.3, 0.4) is 0 Å². The minimum atomic E-state index is -4.81. The highest BCUT2D eigenvalue weighted by atomic mass is 19.4. The molecule has 4 aromatic rings. The summed E-state index contributed by atoms with van der Waals surface area (Å²) in [4.78, 5) is 23.3. The van der Waals surface area contributed by atoms with Crippen LogP contribution in [0.5, 0.6) is 0 Å². The Hall–Kier alpha value is -4.36. The number of alkyl halides is 3. The molecule has 1 aromatic carbocycles. The van der Waals surface area contributed by atoms with E-state index in [1.54, 1.807) is 30.3 Å². The van der Waals surface area contributed by atoms with E-state index in [0.717, 1.165) is 17.8 Å². The van der Waals surface area contributed by atoms with Gasteiger partial charge in [0.15, 0.2) is 5.82 Å². The predicted molar refractivity (Wildman–Crippen MR) is 126 cm³/mol. The van der Waals surface area contributed by atoms with Crippen LogP contribution in [0.1, 0.15) is 18.4 Å². The highest BCUT2D eigenvalue weighted by molar-refractivity contribution is 5.94. The first-order valence-corrected chi connectivity index (χ1v) is 11.4. The topological polar surface area (TPSA) is 114 Å². The van der Waals surface area contributed by atoms with E-state index < -0.39 is 29.3 Å². The average molecular weight is 515 g/mol. The normalized spacial score (nSPS) is 14.7. The summed E-state index contributed by atoms with van der Waals surface area (Å²) in [5.74, 6) is -0.489. The number of amides is 2. The van der Waals surface area contributed by atoms with Gasteiger partial charge in [0.1, 0.15) is 22.5 Å². The summed E-state index contributed by atoms with van der Waals surface area (Å²) < 4.78 is 54.6. The van der Waals surface area contributed by atoms with E-state index in [0.29, 0.717) is 54.5 Å². The van der Waals surface area contributed by atoms with Gasteiger partial charge in [0.25, 0.3) is 0 Å². The summed E-state index contributed by atoms with van der Waals surface area (Å²) >= 11 is 0. The average Bonchev–Trinajstić information content (AvgIpc) is 3.30. The summed E-state index contributed by atoms with van der Waals surface area (Å²) in [6.07, 6.45) is 1.01. The van der Waals surface area contributed by atoms with Gasteiger partial charge in [-0.3, -0.25) is 9.67 Å². The van der Waals surface area contributed by atoms with Crippen LogP contribution in [-0.4, -0.2) is 55.1 Å². The molecule has 0 saturated carbocycles. The van der Waals surface area contributed by atoms with Gasteiger partial charge in [-0.05, 0) is 37.1 Å². The Morgan fingerprint density at radius 3 is 2.43 bits per heavy atom. The van der Waals surface area contributed by atoms with Gasteiger partial charge in [-0.25, -0.2) is 14.2 Å². The number of anilines is 2. The number of piperidine rings is 1. The Balaban J connectivity index is 1.27. The second-order valence-corrected chi connectivity index (χ2v) is 8.51. The second-order valence-electron chi connectivity index (χ2n) is 8.51. The molecule has 2 N–H and O–H groups in total. The number of aryl methyl sites for hydroxylation is 1. The van der Waals surface area contributed by atoms with Crippen LogP contribution >= 0.6 is 0 Å². The quantitative estimate of drug-likeness (QED) is 0.398. The van der Waals surface area contributed by atoms with Crippen molar-refractivity contribution in [3.05, 3.63) is 54.2 Å². The number of nitrogens with zero attached hydrogens (tertiary/aromatic N) is 7. The fourth-order valence-electron chi connectivity index (χ4n) is 4.30. The van der Waals surface area contributed by atoms with Crippen molar-refractivity contribution in [2.75, 3.05) is 23.3 Å². The van der Waals surface area contributed by atoms with Gasteiger partial charge >= 0.3 is 12.2 Å². The molecule has 0 radical (unpaired) electrons. The molecule has 0 spiro atoms. The molecular weight excluding hydrogens is 494 g/mol. The molecule has 37 heavy (non-hydrogen) atoms. The van der Waals surface area contributed by atoms with Crippen molar-refractivity contribution in [2.45, 2.75) is 25.1 Å². The fraction of sp³-hybridized carbons (Fsp3) is 0.304. The monoisotopic (exact) mass is 515 g/mol. The van der Waals surface area contributed by atoms with Crippen LogP contribution in [0.15, 0.2) is 42.9 Å². The van der Waals surface area contributed by atoms with Crippen LogP contribution in [0.25, 0.3) is 22.4 Å². The molecule has 1 aliphatic rings. The van der Waals surface area contributed by atoms with Gasteiger partial charge in [0.05, 0.1) is 16.9 Å². The third kappa shape index (κ3) is 4.99. The first-order chi connectivity index (χ1) is 17.7. The highest BCUT2D eigenvalue weighted by Crippen LogP contribution is 2.35. The SMILES string of the molecule is Cn1nccc1-c1nnc(N2CCC(NC(=O)Nc3ccc(F)cc3C(F)(F)F)CC2)c2nccnc12. The van der Waals surface area contributed by atoms with Crippen LogP contribution in [0, 0.1) is 5.82 Å². The van der Waals surface area contributed by atoms with E-state index >= 15 is 0 Å². The molecule has 2 amide bonds. The molecule has 4 heterocycles. The summed E-state index contributed by atoms with van der Waals surface area (Å²) in [5.41, 5.74) is 0.688. The van der Waals surface area contributed by atoms with Crippen molar-refractivity contribution in [3.63, 3.8) is 0 Å². The van der Waals surface area contributed by atoms with Gasteiger partial charge < -0.3 is 15.5 Å². The van der Waals surface area contributed by atoms with Crippen LogP contribution in [-0.2, 0) is 13.2 Å². The molecule has 0 bridgehead atoms. The second kappa shape index (κ2) is 9.59. The van der Waals surface area contributed by atoms with Crippen molar-refractivity contribution in [1.29, 1.82) is 0 Å². The van der Waals surface area contributed by atoms with Gasteiger partial charge in [0.2, 0.25) is 0 Å². The van der Waals surface area contributed by atoms with Crippen molar-refractivity contribution in [3.8, 4) is 11.4 Å². The van der Waals surface area contributed by atoms with Crippen molar-refractivity contribution >= 4 is 28.6 Å². The van der Waals surface area contributed by atoms with E-state index in [1.807, 2.05) is 11.0 Å². The van der Waals surface area contributed by atoms with E-state index in [1.165, 1.54) is 0 Å². The van der Waals surface area contributed by atoms with Crippen molar-refractivity contribution in [2.24, 2.45) is 7.05 Å². The molecule has 192 valence electrons. The van der Waals surface area contributed by atoms with E-state index in [9.17, 15) is 22.4 Å². The summed E-state index contributed by atoms with van der Waals surface area (Å²) in [7, 11) is 1.79. The lowest BCUT2D eigenvalue weighted by Crippen LogP contribution is -2.46. The Morgan fingerprint density at radius 2 is 1.76 bits per heavy atom. The molecule has 5 rings (SSSR count). The first-order valence-electron chi connectivity index (χ1n) is 11.4. The Labute approximate surface area is 207 Å². The minimum absolute atomic E-state index is 0.287. The maximum absolute atomic E-state index is 13.3. The Kier molecular flexibility index (Phi) is 6.31. The zero-order chi connectivity index (χ0) is 26.2. The maximum atomic E-state index is 13.3. The number of carbonyl (C=O) groups excluding carboxylic acids is 1. The molecule has 1 fully saturated rings. The molecule has 0 atom stereocenters. The van der Waals surface area contributed by atoms with Gasteiger partial charge in [-0.15, -0.1) is 10.2 Å². The zero-order valence-corrected chi connectivity index (χ0v) is 19.5. The van der Waals surface area contributed by atoms with E-state index in [4.69, 9.17) is 0 Å². The summed E-state index contributed by atoms with van der Waals surface area (Å²) in [5, 5.41) is 17.8. The molecule has 10 nitrogen and oxygen atoms in total. The number of urea groups is 1. The Morgan fingerprint density at radius 1 is 1.03 bits per heavy atom. The summed E-state index contributed by atoms with van der Waals surface area (Å²) in [6.45, 7) is 1.00. The lowest BCUT2D eigenvalue weighted by atomic mass is 10.0.